The summed E-state index contributed by atoms with van der Waals surface area (Å²) in [5.74, 6) is -0.152. The van der Waals surface area contributed by atoms with Crippen molar-refractivity contribution in [3.05, 3.63) is 29.8 Å². The average Bonchev–Trinajstić information content (AvgIpc) is 2.35. The van der Waals surface area contributed by atoms with E-state index >= 15 is 0 Å². The molecule has 1 aromatic rings. The number of rotatable bonds is 4. The molecule has 1 rings (SSSR count). The minimum atomic E-state index is -0.664. The molecule has 0 saturated heterocycles. The molecule has 18 heavy (non-hydrogen) atoms. The first-order valence-corrected chi connectivity index (χ1v) is 5.59. The lowest BCUT2D eigenvalue weighted by molar-refractivity contribution is 0.0748. The maximum Gasteiger partial charge on any atom is 0.316 e. The van der Waals surface area contributed by atoms with Gasteiger partial charge in [-0.1, -0.05) is 6.07 Å². The Balaban J connectivity index is 2.89. The fourth-order valence-electron chi connectivity index (χ4n) is 1.43. The summed E-state index contributed by atoms with van der Waals surface area (Å²) in [4.78, 5) is 24.4. The molecule has 0 spiro atoms. The molecule has 6 heteroatoms. The summed E-state index contributed by atoms with van der Waals surface area (Å²) in [6, 6.07) is 5.88. The van der Waals surface area contributed by atoms with E-state index in [0.717, 1.165) is 0 Å². The summed E-state index contributed by atoms with van der Waals surface area (Å²) in [6.45, 7) is 2.25. The summed E-state index contributed by atoms with van der Waals surface area (Å²) in [7, 11) is 1.69. The Morgan fingerprint density at radius 2 is 2.11 bits per heavy atom. The van der Waals surface area contributed by atoms with Gasteiger partial charge in [0.05, 0.1) is 0 Å². The van der Waals surface area contributed by atoms with Crippen molar-refractivity contribution < 1.29 is 9.59 Å². The second-order valence-electron chi connectivity index (χ2n) is 4.07. The van der Waals surface area contributed by atoms with E-state index < -0.39 is 6.03 Å². The van der Waals surface area contributed by atoms with Crippen LogP contribution in [0.2, 0.25) is 0 Å². The highest BCUT2D eigenvalue weighted by molar-refractivity contribution is 5.96. The number of primary amides is 1. The molecular formula is C12H18N4O2. The number of anilines is 1. The lowest BCUT2D eigenvalue weighted by Gasteiger charge is -2.23. The van der Waals surface area contributed by atoms with Gasteiger partial charge in [-0.15, -0.1) is 0 Å². The van der Waals surface area contributed by atoms with Crippen molar-refractivity contribution in [2.24, 2.45) is 11.5 Å². The smallest absolute Gasteiger partial charge is 0.316 e. The zero-order chi connectivity index (χ0) is 13.7. The molecule has 0 aliphatic rings. The average molecular weight is 250 g/mol. The van der Waals surface area contributed by atoms with Crippen molar-refractivity contribution in [3.63, 3.8) is 0 Å². The SMILES string of the molecule is CC(CN)N(C)C(=O)c1cccc(NC(N)=O)c1. The van der Waals surface area contributed by atoms with E-state index in [1.54, 1.807) is 36.2 Å². The molecule has 0 saturated carbocycles. The fraction of sp³-hybridized carbons (Fsp3) is 0.333. The third-order valence-electron chi connectivity index (χ3n) is 2.70. The molecular weight excluding hydrogens is 232 g/mol. The van der Waals surface area contributed by atoms with E-state index in [9.17, 15) is 9.59 Å². The van der Waals surface area contributed by atoms with Crippen LogP contribution < -0.4 is 16.8 Å². The number of nitrogens with zero attached hydrogens (tertiary/aromatic N) is 1. The summed E-state index contributed by atoms with van der Waals surface area (Å²) >= 11 is 0. The van der Waals surface area contributed by atoms with Crippen LogP contribution >= 0.6 is 0 Å². The van der Waals surface area contributed by atoms with Crippen molar-refractivity contribution in [1.82, 2.24) is 4.90 Å². The Bertz CT molecular complexity index is 447. The molecule has 6 nitrogen and oxygen atoms in total. The molecule has 3 amide bonds. The van der Waals surface area contributed by atoms with Crippen LogP contribution in [-0.4, -0.2) is 36.5 Å². The lowest BCUT2D eigenvalue weighted by Crippen LogP contribution is -2.39. The zero-order valence-corrected chi connectivity index (χ0v) is 10.5. The molecule has 0 fully saturated rings. The molecule has 0 heterocycles. The van der Waals surface area contributed by atoms with E-state index in [1.807, 2.05) is 6.92 Å². The number of carbonyl (C=O) groups excluding carboxylic acids is 2. The van der Waals surface area contributed by atoms with Gasteiger partial charge in [0.1, 0.15) is 0 Å². The molecule has 5 N–H and O–H groups in total. The summed E-state index contributed by atoms with van der Waals surface area (Å²) < 4.78 is 0. The number of hydrogen-bond donors (Lipinski definition) is 3. The first-order chi connectivity index (χ1) is 8.45. The maximum atomic E-state index is 12.1. The van der Waals surface area contributed by atoms with Crippen molar-refractivity contribution >= 4 is 17.6 Å². The highest BCUT2D eigenvalue weighted by atomic mass is 16.2. The number of nitrogens with one attached hydrogen (secondary N) is 1. The van der Waals surface area contributed by atoms with Crippen LogP contribution in [-0.2, 0) is 0 Å². The predicted octanol–water partition coefficient (Wildman–Crippen LogP) is 0.596. The van der Waals surface area contributed by atoms with Crippen LogP contribution in [0.15, 0.2) is 24.3 Å². The van der Waals surface area contributed by atoms with Gasteiger partial charge in [0.2, 0.25) is 0 Å². The van der Waals surface area contributed by atoms with Gasteiger partial charge in [-0.05, 0) is 25.1 Å². The Morgan fingerprint density at radius 1 is 1.44 bits per heavy atom. The van der Waals surface area contributed by atoms with Crippen LogP contribution in [0.25, 0.3) is 0 Å². The highest BCUT2D eigenvalue weighted by Crippen LogP contribution is 2.13. The topological polar surface area (TPSA) is 101 Å². The van der Waals surface area contributed by atoms with E-state index in [2.05, 4.69) is 5.32 Å². The predicted molar refractivity (Wildman–Crippen MR) is 70.3 cm³/mol. The van der Waals surface area contributed by atoms with Crippen molar-refractivity contribution in [2.45, 2.75) is 13.0 Å². The van der Waals surface area contributed by atoms with Crippen LogP contribution in [0, 0.1) is 0 Å². The fourth-order valence-corrected chi connectivity index (χ4v) is 1.43. The summed E-state index contributed by atoms with van der Waals surface area (Å²) in [6.07, 6.45) is 0. The molecule has 0 aliphatic heterocycles. The van der Waals surface area contributed by atoms with Gasteiger partial charge in [-0.25, -0.2) is 4.79 Å². The second kappa shape index (κ2) is 6.02. The van der Waals surface area contributed by atoms with Crippen LogP contribution in [0.1, 0.15) is 17.3 Å². The number of nitrogens with two attached hydrogens (primary N) is 2. The normalized spacial score (nSPS) is 11.7. The standard InChI is InChI=1S/C12H18N4O2/c1-8(7-13)16(2)11(17)9-4-3-5-10(6-9)15-12(14)18/h3-6,8H,7,13H2,1-2H3,(H3,14,15,18). The van der Waals surface area contributed by atoms with Gasteiger partial charge >= 0.3 is 6.03 Å². The van der Waals surface area contributed by atoms with Crippen molar-refractivity contribution in [3.8, 4) is 0 Å². The summed E-state index contributed by atoms with van der Waals surface area (Å²) in [5, 5.41) is 2.43. The number of hydrogen-bond acceptors (Lipinski definition) is 3. The van der Waals surface area contributed by atoms with Gasteiger partial charge in [0, 0.05) is 30.9 Å². The Morgan fingerprint density at radius 3 is 2.67 bits per heavy atom. The van der Waals surface area contributed by atoms with Crippen LogP contribution in [0.5, 0.6) is 0 Å². The van der Waals surface area contributed by atoms with Gasteiger partial charge in [-0.2, -0.15) is 0 Å². The number of urea groups is 1. The van der Waals surface area contributed by atoms with Gasteiger partial charge in [-0.3, -0.25) is 4.79 Å². The van der Waals surface area contributed by atoms with Gasteiger partial charge in [0.15, 0.2) is 0 Å². The maximum absolute atomic E-state index is 12.1. The Kier molecular flexibility index (Phi) is 4.67. The first kappa shape index (κ1) is 14.0. The molecule has 0 bridgehead atoms. The minimum Gasteiger partial charge on any atom is -0.351 e. The van der Waals surface area contributed by atoms with Crippen LogP contribution in [0.4, 0.5) is 10.5 Å². The number of benzene rings is 1. The number of amides is 3. The molecule has 1 aromatic carbocycles. The van der Waals surface area contributed by atoms with Crippen molar-refractivity contribution in [2.75, 3.05) is 18.9 Å². The Labute approximate surface area is 106 Å². The van der Waals surface area contributed by atoms with E-state index in [1.165, 1.54) is 0 Å². The molecule has 1 atom stereocenters. The largest absolute Gasteiger partial charge is 0.351 e. The van der Waals surface area contributed by atoms with Gasteiger partial charge in [0.25, 0.3) is 5.91 Å². The summed E-state index contributed by atoms with van der Waals surface area (Å²) in [5.41, 5.74) is 11.5. The number of carbonyl (C=O) groups is 2. The van der Waals surface area contributed by atoms with E-state index in [-0.39, 0.29) is 11.9 Å². The molecule has 1 unspecified atom stereocenters. The molecule has 0 radical (unpaired) electrons. The van der Waals surface area contributed by atoms with Crippen molar-refractivity contribution in [1.29, 1.82) is 0 Å². The first-order valence-electron chi connectivity index (χ1n) is 5.59. The lowest BCUT2D eigenvalue weighted by atomic mass is 10.1. The third-order valence-corrected chi connectivity index (χ3v) is 2.70. The van der Waals surface area contributed by atoms with Crippen LogP contribution in [0.3, 0.4) is 0 Å². The number of likely N-dealkylation sites (N-methyl/N-ethyl adjacent to an activating group) is 1. The minimum absolute atomic E-state index is 0.0507. The Hall–Kier alpha value is -2.08. The third kappa shape index (κ3) is 3.46. The van der Waals surface area contributed by atoms with E-state index in [0.29, 0.717) is 17.8 Å². The molecule has 0 aliphatic carbocycles. The molecule has 0 aromatic heterocycles. The highest BCUT2D eigenvalue weighted by Gasteiger charge is 2.16. The quantitative estimate of drug-likeness (QED) is 0.729. The van der Waals surface area contributed by atoms with E-state index in [4.69, 9.17) is 11.5 Å². The zero-order valence-electron chi connectivity index (χ0n) is 10.5. The second-order valence-corrected chi connectivity index (χ2v) is 4.07. The molecule has 98 valence electrons. The van der Waals surface area contributed by atoms with Gasteiger partial charge < -0.3 is 21.7 Å². The monoisotopic (exact) mass is 250 g/mol.